The Labute approximate surface area is 97.7 Å². The van der Waals surface area contributed by atoms with Crippen LogP contribution in [0.3, 0.4) is 0 Å². The molecule has 0 fully saturated rings. The minimum Gasteiger partial charge on any atom is -0.330 e. The SMILES string of the molecule is CC1C=CC=C(c2ccccc2)C1CCN. The zero-order valence-corrected chi connectivity index (χ0v) is 9.77. The summed E-state index contributed by atoms with van der Waals surface area (Å²) in [7, 11) is 0. The maximum atomic E-state index is 5.71. The Hall–Kier alpha value is -1.34. The minimum absolute atomic E-state index is 0.567. The Morgan fingerprint density at radius 1 is 1.19 bits per heavy atom. The molecule has 2 N–H and O–H groups in total. The Morgan fingerprint density at radius 2 is 1.94 bits per heavy atom. The van der Waals surface area contributed by atoms with Crippen molar-refractivity contribution in [2.75, 3.05) is 6.54 Å². The highest BCUT2D eigenvalue weighted by Gasteiger charge is 2.21. The highest BCUT2D eigenvalue weighted by molar-refractivity contribution is 5.70. The molecule has 1 aromatic carbocycles. The summed E-state index contributed by atoms with van der Waals surface area (Å²) in [5.74, 6) is 1.15. The lowest BCUT2D eigenvalue weighted by Gasteiger charge is -2.27. The van der Waals surface area contributed by atoms with Gasteiger partial charge in [0.1, 0.15) is 0 Å². The fourth-order valence-corrected chi connectivity index (χ4v) is 2.41. The molecule has 84 valence electrons. The van der Waals surface area contributed by atoms with E-state index in [1.54, 1.807) is 0 Å². The third-order valence-corrected chi connectivity index (χ3v) is 3.31. The number of benzene rings is 1. The summed E-state index contributed by atoms with van der Waals surface area (Å²) >= 11 is 0. The van der Waals surface area contributed by atoms with E-state index in [4.69, 9.17) is 5.73 Å². The van der Waals surface area contributed by atoms with Crippen LogP contribution in [0.1, 0.15) is 18.9 Å². The first-order chi connectivity index (χ1) is 7.83. The van der Waals surface area contributed by atoms with Crippen molar-refractivity contribution in [1.29, 1.82) is 0 Å². The monoisotopic (exact) mass is 213 g/mol. The molecule has 2 rings (SSSR count). The highest BCUT2D eigenvalue weighted by Crippen LogP contribution is 2.35. The van der Waals surface area contributed by atoms with Gasteiger partial charge < -0.3 is 5.73 Å². The lowest BCUT2D eigenvalue weighted by atomic mass is 9.78. The van der Waals surface area contributed by atoms with Crippen LogP contribution in [-0.2, 0) is 0 Å². The summed E-state index contributed by atoms with van der Waals surface area (Å²) in [5.41, 5.74) is 8.47. The molecule has 0 saturated carbocycles. The summed E-state index contributed by atoms with van der Waals surface area (Å²) in [6.45, 7) is 3.03. The predicted molar refractivity (Wildman–Crippen MR) is 69.9 cm³/mol. The quantitative estimate of drug-likeness (QED) is 0.819. The van der Waals surface area contributed by atoms with E-state index in [1.807, 2.05) is 0 Å². The molecule has 1 aromatic rings. The largest absolute Gasteiger partial charge is 0.330 e. The number of rotatable bonds is 3. The second-order valence-corrected chi connectivity index (χ2v) is 4.42. The molecular weight excluding hydrogens is 194 g/mol. The lowest BCUT2D eigenvalue weighted by Crippen LogP contribution is -2.18. The average molecular weight is 213 g/mol. The number of nitrogens with two attached hydrogens (primary N) is 1. The minimum atomic E-state index is 0.567. The molecule has 0 bridgehead atoms. The maximum Gasteiger partial charge on any atom is -0.00712 e. The number of allylic oxidation sites excluding steroid dienone is 4. The first-order valence-corrected chi connectivity index (χ1v) is 5.97. The summed E-state index contributed by atoms with van der Waals surface area (Å²) in [4.78, 5) is 0. The summed E-state index contributed by atoms with van der Waals surface area (Å²) < 4.78 is 0. The van der Waals surface area contributed by atoms with Crippen molar-refractivity contribution in [3.63, 3.8) is 0 Å². The molecule has 0 heterocycles. The van der Waals surface area contributed by atoms with Crippen molar-refractivity contribution in [3.05, 3.63) is 54.1 Å². The molecule has 0 saturated heterocycles. The van der Waals surface area contributed by atoms with Crippen molar-refractivity contribution in [1.82, 2.24) is 0 Å². The third kappa shape index (κ3) is 2.25. The van der Waals surface area contributed by atoms with Crippen molar-refractivity contribution in [2.24, 2.45) is 17.6 Å². The summed E-state index contributed by atoms with van der Waals surface area (Å²) in [6.07, 6.45) is 7.73. The van der Waals surface area contributed by atoms with E-state index < -0.39 is 0 Å². The van der Waals surface area contributed by atoms with E-state index in [-0.39, 0.29) is 0 Å². The average Bonchev–Trinajstić information content (AvgIpc) is 2.33. The molecule has 0 spiro atoms. The maximum absolute atomic E-state index is 5.71. The van der Waals surface area contributed by atoms with Crippen LogP contribution in [0.5, 0.6) is 0 Å². The molecule has 0 aliphatic heterocycles. The van der Waals surface area contributed by atoms with Gasteiger partial charge in [-0.1, -0.05) is 55.5 Å². The molecule has 0 radical (unpaired) electrons. The van der Waals surface area contributed by atoms with Crippen LogP contribution in [0.15, 0.2) is 48.6 Å². The topological polar surface area (TPSA) is 26.0 Å². The van der Waals surface area contributed by atoms with Gasteiger partial charge in [0.2, 0.25) is 0 Å². The van der Waals surface area contributed by atoms with Gasteiger partial charge in [0.25, 0.3) is 0 Å². The second-order valence-electron chi connectivity index (χ2n) is 4.42. The Morgan fingerprint density at radius 3 is 2.62 bits per heavy atom. The molecule has 16 heavy (non-hydrogen) atoms. The van der Waals surface area contributed by atoms with Gasteiger partial charge >= 0.3 is 0 Å². The van der Waals surface area contributed by atoms with Crippen LogP contribution in [-0.4, -0.2) is 6.54 Å². The first-order valence-electron chi connectivity index (χ1n) is 5.97. The van der Waals surface area contributed by atoms with Gasteiger partial charge in [0, 0.05) is 0 Å². The summed E-state index contributed by atoms with van der Waals surface area (Å²) in [5, 5.41) is 0. The Balaban J connectivity index is 2.30. The molecule has 0 amide bonds. The zero-order valence-electron chi connectivity index (χ0n) is 9.77. The predicted octanol–water partition coefficient (Wildman–Crippen LogP) is 3.24. The smallest absolute Gasteiger partial charge is 0.00712 e. The second kappa shape index (κ2) is 5.13. The Bertz CT molecular complexity index is 389. The van der Waals surface area contributed by atoms with Gasteiger partial charge in [-0.2, -0.15) is 0 Å². The van der Waals surface area contributed by atoms with Crippen molar-refractivity contribution in [2.45, 2.75) is 13.3 Å². The fourth-order valence-electron chi connectivity index (χ4n) is 2.41. The van der Waals surface area contributed by atoms with Crippen LogP contribution in [0.4, 0.5) is 0 Å². The van der Waals surface area contributed by atoms with E-state index >= 15 is 0 Å². The summed E-state index contributed by atoms with van der Waals surface area (Å²) in [6, 6.07) is 10.6. The molecule has 1 heteroatoms. The fraction of sp³-hybridized carbons (Fsp3) is 0.333. The van der Waals surface area contributed by atoms with Crippen LogP contribution in [0.25, 0.3) is 5.57 Å². The molecule has 1 aliphatic carbocycles. The van der Waals surface area contributed by atoms with Gasteiger partial charge in [0.15, 0.2) is 0 Å². The van der Waals surface area contributed by atoms with Gasteiger partial charge in [-0.3, -0.25) is 0 Å². The normalized spacial score (nSPS) is 24.2. The standard InChI is InChI=1S/C15H19N/c1-12-6-5-9-15(14(12)10-11-16)13-7-3-2-4-8-13/h2-9,12,14H,10-11,16H2,1H3. The van der Waals surface area contributed by atoms with Gasteiger partial charge in [-0.25, -0.2) is 0 Å². The Kier molecular flexibility index (Phi) is 3.58. The van der Waals surface area contributed by atoms with E-state index in [9.17, 15) is 0 Å². The van der Waals surface area contributed by atoms with Gasteiger partial charge in [-0.15, -0.1) is 0 Å². The van der Waals surface area contributed by atoms with Crippen LogP contribution in [0, 0.1) is 11.8 Å². The lowest BCUT2D eigenvalue weighted by molar-refractivity contribution is 0.493. The van der Waals surface area contributed by atoms with Crippen LogP contribution < -0.4 is 5.73 Å². The van der Waals surface area contributed by atoms with Crippen LogP contribution >= 0.6 is 0 Å². The number of hydrogen-bond donors (Lipinski definition) is 1. The number of hydrogen-bond acceptors (Lipinski definition) is 1. The van der Waals surface area contributed by atoms with E-state index in [1.165, 1.54) is 11.1 Å². The van der Waals surface area contributed by atoms with Gasteiger partial charge in [-0.05, 0) is 35.9 Å². The van der Waals surface area contributed by atoms with Crippen molar-refractivity contribution in [3.8, 4) is 0 Å². The first kappa shape index (κ1) is 11.2. The highest BCUT2D eigenvalue weighted by atomic mass is 14.5. The van der Waals surface area contributed by atoms with Crippen molar-refractivity contribution >= 4 is 5.57 Å². The molecule has 2 unspecified atom stereocenters. The molecule has 2 atom stereocenters. The third-order valence-electron chi connectivity index (χ3n) is 3.31. The van der Waals surface area contributed by atoms with Crippen LogP contribution in [0.2, 0.25) is 0 Å². The van der Waals surface area contributed by atoms with E-state index in [0.29, 0.717) is 11.8 Å². The molecule has 1 nitrogen and oxygen atoms in total. The van der Waals surface area contributed by atoms with Crippen molar-refractivity contribution < 1.29 is 0 Å². The van der Waals surface area contributed by atoms with Gasteiger partial charge in [0.05, 0.1) is 0 Å². The zero-order chi connectivity index (χ0) is 11.4. The van der Waals surface area contributed by atoms with E-state index in [0.717, 1.165) is 13.0 Å². The molecule has 0 aromatic heterocycles. The molecule has 1 aliphatic rings. The van der Waals surface area contributed by atoms with E-state index in [2.05, 4.69) is 55.5 Å². The molecular formula is C15H19N.